The molecule has 1 aromatic heterocycles. The van der Waals surface area contributed by atoms with E-state index in [4.69, 9.17) is 11.6 Å². The summed E-state index contributed by atoms with van der Waals surface area (Å²) in [6.45, 7) is 0.575. The summed E-state index contributed by atoms with van der Waals surface area (Å²) in [6, 6.07) is 6.70. The summed E-state index contributed by atoms with van der Waals surface area (Å²) in [7, 11) is 0. The van der Waals surface area contributed by atoms with Gasteiger partial charge in [0.15, 0.2) is 11.0 Å². The van der Waals surface area contributed by atoms with Crippen molar-refractivity contribution in [3.05, 3.63) is 40.8 Å². The Labute approximate surface area is 102 Å². The highest BCUT2D eigenvalue weighted by Crippen LogP contribution is 2.17. The number of benzene rings is 1. The van der Waals surface area contributed by atoms with Gasteiger partial charge in [0, 0.05) is 6.54 Å². The first-order chi connectivity index (χ1) is 7.77. The molecule has 1 aromatic carbocycles. The highest BCUT2D eigenvalue weighted by Gasteiger charge is 2.05. The Kier molecular flexibility index (Phi) is 3.69. The lowest BCUT2D eigenvalue weighted by atomic mass is 10.1. The number of hydrogen-bond donors (Lipinski definition) is 1. The van der Waals surface area contributed by atoms with Gasteiger partial charge in [-0.15, -0.1) is 0 Å². The Bertz CT molecular complexity index is 475. The first-order valence-corrected chi connectivity index (χ1v) is 5.83. The molecule has 2 rings (SSSR count). The number of aromatic nitrogens is 2. The van der Waals surface area contributed by atoms with E-state index in [0.29, 0.717) is 29.5 Å². The van der Waals surface area contributed by atoms with Crippen molar-refractivity contribution in [3.63, 3.8) is 0 Å². The molecule has 0 saturated carbocycles. The molecule has 0 aliphatic rings. The zero-order valence-corrected chi connectivity index (χ0v) is 9.85. The Balaban J connectivity index is 1.89. The van der Waals surface area contributed by atoms with Crippen LogP contribution in [0.25, 0.3) is 0 Å². The minimum atomic E-state index is -0.188. The van der Waals surface area contributed by atoms with Crippen molar-refractivity contribution >= 4 is 29.1 Å². The van der Waals surface area contributed by atoms with Crippen molar-refractivity contribution in [2.45, 2.75) is 6.42 Å². The highest BCUT2D eigenvalue weighted by molar-refractivity contribution is 6.99. The van der Waals surface area contributed by atoms with Gasteiger partial charge in [-0.05, 0) is 18.1 Å². The van der Waals surface area contributed by atoms with Crippen molar-refractivity contribution in [1.82, 2.24) is 8.75 Å². The Morgan fingerprint density at radius 3 is 2.81 bits per heavy atom. The molecule has 2 aromatic rings. The molecule has 0 amide bonds. The molecule has 16 heavy (non-hydrogen) atoms. The molecule has 0 radical (unpaired) electrons. The molecule has 0 bridgehead atoms. The van der Waals surface area contributed by atoms with E-state index in [-0.39, 0.29) is 5.82 Å². The number of anilines is 1. The third kappa shape index (κ3) is 2.68. The molecule has 0 unspecified atom stereocenters. The smallest absolute Gasteiger partial charge is 0.186 e. The second-order valence-corrected chi connectivity index (χ2v) is 4.06. The van der Waals surface area contributed by atoms with Crippen LogP contribution in [0, 0.1) is 5.82 Å². The van der Waals surface area contributed by atoms with E-state index >= 15 is 0 Å². The van der Waals surface area contributed by atoms with Crippen molar-refractivity contribution in [2.24, 2.45) is 0 Å². The first kappa shape index (κ1) is 11.3. The molecular formula is C10H9ClFN3S. The normalized spacial score (nSPS) is 10.4. The fourth-order valence-corrected chi connectivity index (χ4v) is 1.98. The van der Waals surface area contributed by atoms with E-state index in [0.717, 1.165) is 11.7 Å². The van der Waals surface area contributed by atoms with Crippen LogP contribution >= 0.6 is 23.3 Å². The molecule has 0 atom stereocenters. The lowest BCUT2D eigenvalue weighted by Gasteiger charge is -2.04. The lowest BCUT2D eigenvalue weighted by Crippen LogP contribution is -2.06. The zero-order valence-electron chi connectivity index (χ0n) is 8.28. The van der Waals surface area contributed by atoms with Crippen LogP contribution in [-0.2, 0) is 6.42 Å². The summed E-state index contributed by atoms with van der Waals surface area (Å²) in [5.74, 6) is 0.370. The average Bonchev–Trinajstić information content (AvgIpc) is 2.67. The van der Waals surface area contributed by atoms with Gasteiger partial charge in [-0.2, -0.15) is 8.75 Å². The van der Waals surface area contributed by atoms with E-state index in [1.165, 1.54) is 6.07 Å². The van der Waals surface area contributed by atoms with E-state index in [2.05, 4.69) is 14.1 Å². The third-order valence-electron chi connectivity index (χ3n) is 2.09. The molecule has 3 nitrogen and oxygen atoms in total. The standard InChI is InChI=1S/C10H9ClFN3S/c11-9-10(15-16-14-9)13-6-5-7-3-1-2-4-8(7)12/h1-4H,5-6H2,(H,13,15). The predicted molar refractivity (Wildman–Crippen MR) is 63.5 cm³/mol. The Hall–Kier alpha value is -1.20. The number of rotatable bonds is 4. The van der Waals surface area contributed by atoms with Crippen LogP contribution < -0.4 is 5.32 Å². The van der Waals surface area contributed by atoms with Crippen molar-refractivity contribution in [1.29, 1.82) is 0 Å². The summed E-state index contributed by atoms with van der Waals surface area (Å²) in [5, 5.41) is 3.37. The minimum absolute atomic E-state index is 0.188. The molecule has 0 aliphatic carbocycles. The summed E-state index contributed by atoms with van der Waals surface area (Å²) in [4.78, 5) is 0. The van der Waals surface area contributed by atoms with Gasteiger partial charge in [-0.1, -0.05) is 29.8 Å². The number of hydrogen-bond acceptors (Lipinski definition) is 4. The maximum absolute atomic E-state index is 13.3. The molecule has 6 heteroatoms. The van der Waals surface area contributed by atoms with Crippen LogP contribution in [0.1, 0.15) is 5.56 Å². The van der Waals surface area contributed by atoms with Crippen molar-refractivity contribution in [2.75, 3.05) is 11.9 Å². The second kappa shape index (κ2) is 5.23. The van der Waals surface area contributed by atoms with E-state index in [1.54, 1.807) is 12.1 Å². The molecule has 0 spiro atoms. The molecule has 1 N–H and O–H groups in total. The number of halogens is 2. The summed E-state index contributed by atoms with van der Waals surface area (Å²) >= 11 is 6.80. The highest BCUT2D eigenvalue weighted by atomic mass is 35.5. The summed E-state index contributed by atoms with van der Waals surface area (Å²) < 4.78 is 21.0. The van der Waals surface area contributed by atoms with Crippen LogP contribution in [0.15, 0.2) is 24.3 Å². The Morgan fingerprint density at radius 2 is 2.12 bits per heavy atom. The maximum atomic E-state index is 13.3. The van der Waals surface area contributed by atoms with Gasteiger partial charge in [0.05, 0.1) is 11.7 Å². The van der Waals surface area contributed by atoms with Crippen LogP contribution in [0.2, 0.25) is 5.15 Å². The fraction of sp³-hybridized carbons (Fsp3) is 0.200. The van der Waals surface area contributed by atoms with Crippen LogP contribution in [0.3, 0.4) is 0 Å². The molecule has 0 aliphatic heterocycles. The quantitative estimate of drug-likeness (QED) is 0.915. The van der Waals surface area contributed by atoms with E-state index in [1.807, 2.05) is 6.07 Å². The van der Waals surface area contributed by atoms with Gasteiger partial charge in [0.2, 0.25) is 0 Å². The van der Waals surface area contributed by atoms with E-state index < -0.39 is 0 Å². The monoisotopic (exact) mass is 257 g/mol. The summed E-state index contributed by atoms with van der Waals surface area (Å²) in [5.41, 5.74) is 0.675. The lowest BCUT2D eigenvalue weighted by molar-refractivity contribution is 0.610. The topological polar surface area (TPSA) is 37.8 Å². The number of nitrogens with one attached hydrogen (secondary N) is 1. The van der Waals surface area contributed by atoms with Crippen LogP contribution in [0.4, 0.5) is 10.2 Å². The fourth-order valence-electron chi connectivity index (χ4n) is 1.30. The minimum Gasteiger partial charge on any atom is -0.366 e. The molecule has 0 fully saturated rings. The maximum Gasteiger partial charge on any atom is 0.186 e. The summed E-state index contributed by atoms with van der Waals surface area (Å²) in [6.07, 6.45) is 0.584. The van der Waals surface area contributed by atoms with Gasteiger partial charge < -0.3 is 5.32 Å². The molecule has 0 saturated heterocycles. The van der Waals surface area contributed by atoms with Gasteiger partial charge >= 0.3 is 0 Å². The molecule has 1 heterocycles. The van der Waals surface area contributed by atoms with Gasteiger partial charge in [-0.25, -0.2) is 4.39 Å². The van der Waals surface area contributed by atoms with Gasteiger partial charge in [0.1, 0.15) is 5.82 Å². The van der Waals surface area contributed by atoms with E-state index in [9.17, 15) is 4.39 Å². The SMILES string of the molecule is Fc1ccccc1CCNc1nsnc1Cl. The van der Waals surface area contributed by atoms with Crippen LogP contribution in [0.5, 0.6) is 0 Å². The van der Waals surface area contributed by atoms with Gasteiger partial charge in [0.25, 0.3) is 0 Å². The largest absolute Gasteiger partial charge is 0.366 e. The van der Waals surface area contributed by atoms with Crippen molar-refractivity contribution in [3.8, 4) is 0 Å². The third-order valence-corrected chi connectivity index (χ3v) is 2.99. The molecular weight excluding hydrogens is 249 g/mol. The first-order valence-electron chi connectivity index (χ1n) is 4.72. The van der Waals surface area contributed by atoms with Crippen molar-refractivity contribution < 1.29 is 4.39 Å². The average molecular weight is 258 g/mol. The predicted octanol–water partition coefficient (Wildman–Crippen LogP) is 2.99. The van der Waals surface area contributed by atoms with Crippen LogP contribution in [-0.4, -0.2) is 15.3 Å². The molecule has 84 valence electrons. The second-order valence-electron chi connectivity index (χ2n) is 3.17. The number of nitrogens with zero attached hydrogens (tertiary/aromatic N) is 2. The Morgan fingerprint density at radius 1 is 1.31 bits per heavy atom. The zero-order chi connectivity index (χ0) is 11.4. The van der Waals surface area contributed by atoms with Gasteiger partial charge in [-0.3, -0.25) is 0 Å².